The molecule has 0 bridgehead atoms. The highest BCUT2D eigenvalue weighted by atomic mass is 32.5. The van der Waals surface area contributed by atoms with Crippen molar-refractivity contribution in [2.75, 3.05) is 14.2 Å². The molecule has 82 valence electrons. The first-order valence-electron chi connectivity index (χ1n) is 4.24. The van der Waals surface area contributed by atoms with E-state index in [0.717, 1.165) is 5.56 Å². The fourth-order valence-corrected chi connectivity index (χ4v) is 1.91. The molecule has 0 aliphatic carbocycles. The monoisotopic (exact) mass is 244 g/mol. The number of rotatable bonds is 4. The lowest BCUT2D eigenvalue weighted by molar-refractivity contribution is 0.338. The molecule has 0 saturated heterocycles. The second-order valence-electron chi connectivity index (χ2n) is 2.68. The molecular weight excluding hydrogens is 231 g/mol. The Balaban J connectivity index is 2.99. The SMILES string of the molecule is COP(=S)(/N=C(\N)c1ccccc1)OC. The summed E-state index contributed by atoms with van der Waals surface area (Å²) in [4.78, 5) is 0. The molecule has 6 heteroatoms. The lowest BCUT2D eigenvalue weighted by Gasteiger charge is -2.12. The number of nitrogens with zero attached hydrogens (tertiary/aromatic N) is 1. The molecule has 0 spiro atoms. The van der Waals surface area contributed by atoms with Gasteiger partial charge in [-0.25, -0.2) is 0 Å². The number of hydrogen-bond acceptors (Lipinski definition) is 3. The topological polar surface area (TPSA) is 56.8 Å². The predicted octanol–water partition coefficient (Wildman–Crippen LogP) is 1.91. The molecule has 1 aromatic carbocycles. The fraction of sp³-hybridized carbons (Fsp3) is 0.222. The van der Waals surface area contributed by atoms with Crippen molar-refractivity contribution in [1.29, 1.82) is 0 Å². The fourth-order valence-electron chi connectivity index (χ4n) is 0.955. The quantitative estimate of drug-likeness (QED) is 0.499. The molecule has 0 aromatic heterocycles. The zero-order valence-corrected chi connectivity index (χ0v) is 10.3. The first-order valence-corrected chi connectivity index (χ1v) is 6.83. The van der Waals surface area contributed by atoms with E-state index in [9.17, 15) is 0 Å². The third kappa shape index (κ3) is 3.39. The minimum Gasteiger partial charge on any atom is -0.383 e. The number of amidine groups is 1. The van der Waals surface area contributed by atoms with Crippen LogP contribution in [0.25, 0.3) is 0 Å². The van der Waals surface area contributed by atoms with Crippen LogP contribution in [0.5, 0.6) is 0 Å². The van der Waals surface area contributed by atoms with Gasteiger partial charge >= 0.3 is 6.64 Å². The van der Waals surface area contributed by atoms with Gasteiger partial charge in [-0.1, -0.05) is 30.3 Å². The van der Waals surface area contributed by atoms with Crippen LogP contribution in [0.3, 0.4) is 0 Å². The second-order valence-corrected chi connectivity index (χ2v) is 5.94. The molecular formula is C9H13N2O2PS. The van der Waals surface area contributed by atoms with Crippen LogP contribution >= 0.6 is 6.64 Å². The van der Waals surface area contributed by atoms with Crippen LogP contribution in [0.2, 0.25) is 0 Å². The Hall–Kier alpha value is -0.740. The van der Waals surface area contributed by atoms with E-state index < -0.39 is 6.64 Å². The Morgan fingerprint density at radius 2 is 1.80 bits per heavy atom. The van der Waals surface area contributed by atoms with Crippen molar-refractivity contribution in [2.45, 2.75) is 0 Å². The van der Waals surface area contributed by atoms with Crippen LogP contribution in [0, 0.1) is 0 Å². The summed E-state index contributed by atoms with van der Waals surface area (Å²) in [7, 11) is 2.93. The Morgan fingerprint density at radius 3 is 2.27 bits per heavy atom. The molecule has 15 heavy (non-hydrogen) atoms. The standard InChI is InChI=1S/C9H13N2O2PS/c1-12-14(15,13-2)11-9(10)8-6-4-3-5-7-8/h3-7H,1-2H3,(H2,10,11,15). The van der Waals surface area contributed by atoms with Gasteiger partial charge in [0.25, 0.3) is 0 Å². The summed E-state index contributed by atoms with van der Waals surface area (Å²) in [5.74, 6) is 0.336. The largest absolute Gasteiger partial charge is 0.383 e. The van der Waals surface area contributed by atoms with Gasteiger partial charge in [-0.15, -0.1) is 0 Å². The molecule has 0 heterocycles. The van der Waals surface area contributed by atoms with Gasteiger partial charge in [0.2, 0.25) is 0 Å². The highest BCUT2D eigenvalue weighted by Gasteiger charge is 2.14. The Morgan fingerprint density at radius 1 is 1.27 bits per heavy atom. The minimum atomic E-state index is -2.61. The molecule has 0 aliphatic heterocycles. The van der Waals surface area contributed by atoms with E-state index in [2.05, 4.69) is 4.76 Å². The first kappa shape index (κ1) is 12.3. The van der Waals surface area contributed by atoms with Crippen LogP contribution in [0.4, 0.5) is 0 Å². The van der Waals surface area contributed by atoms with Crippen molar-refractivity contribution in [2.24, 2.45) is 10.5 Å². The van der Waals surface area contributed by atoms with Crippen LogP contribution < -0.4 is 5.73 Å². The molecule has 0 aliphatic rings. The van der Waals surface area contributed by atoms with Crippen molar-refractivity contribution >= 4 is 24.3 Å². The Bertz CT molecular complexity index is 386. The minimum absolute atomic E-state index is 0.336. The Labute approximate surface area is 94.3 Å². The van der Waals surface area contributed by atoms with Crippen molar-refractivity contribution in [3.63, 3.8) is 0 Å². The molecule has 2 N–H and O–H groups in total. The molecule has 4 nitrogen and oxygen atoms in total. The first-order chi connectivity index (χ1) is 7.11. The van der Waals surface area contributed by atoms with Crippen molar-refractivity contribution in [3.05, 3.63) is 35.9 Å². The normalized spacial score (nSPS) is 12.8. The molecule has 0 saturated carbocycles. The summed E-state index contributed by atoms with van der Waals surface area (Å²) >= 11 is 5.08. The highest BCUT2D eigenvalue weighted by Crippen LogP contribution is 2.48. The maximum absolute atomic E-state index is 5.78. The van der Waals surface area contributed by atoms with Gasteiger partial charge in [-0.2, -0.15) is 4.76 Å². The van der Waals surface area contributed by atoms with Gasteiger partial charge < -0.3 is 14.8 Å². The van der Waals surface area contributed by atoms with Crippen molar-refractivity contribution in [1.82, 2.24) is 0 Å². The van der Waals surface area contributed by atoms with Crippen molar-refractivity contribution < 1.29 is 9.05 Å². The summed E-state index contributed by atoms with van der Waals surface area (Å²) in [6.45, 7) is -2.61. The van der Waals surface area contributed by atoms with Crippen LogP contribution in [-0.4, -0.2) is 20.1 Å². The molecule has 0 unspecified atom stereocenters. The molecule has 0 atom stereocenters. The Kier molecular flexibility index (Phi) is 4.42. The molecule has 0 amide bonds. The molecule has 1 rings (SSSR count). The van der Waals surface area contributed by atoms with Gasteiger partial charge in [-0.3, -0.25) is 0 Å². The van der Waals surface area contributed by atoms with Gasteiger partial charge in [0.1, 0.15) is 5.84 Å². The maximum Gasteiger partial charge on any atom is 0.310 e. The number of nitrogens with two attached hydrogens (primary N) is 1. The smallest absolute Gasteiger partial charge is 0.310 e. The van der Waals surface area contributed by atoms with E-state index in [-0.39, 0.29) is 0 Å². The van der Waals surface area contributed by atoms with Crippen LogP contribution in [0.15, 0.2) is 35.1 Å². The average Bonchev–Trinajstić information content (AvgIpc) is 2.30. The summed E-state index contributed by atoms with van der Waals surface area (Å²) < 4.78 is 14.1. The van der Waals surface area contributed by atoms with Gasteiger partial charge in [-0.05, 0) is 11.8 Å². The zero-order chi connectivity index (χ0) is 11.3. The third-order valence-electron chi connectivity index (χ3n) is 1.76. The summed E-state index contributed by atoms with van der Waals surface area (Å²) in [6, 6.07) is 9.36. The lowest BCUT2D eigenvalue weighted by atomic mass is 10.2. The van der Waals surface area contributed by atoms with E-state index >= 15 is 0 Å². The van der Waals surface area contributed by atoms with E-state index in [0.29, 0.717) is 5.84 Å². The third-order valence-corrected chi connectivity index (χ3v) is 4.28. The molecule has 0 fully saturated rings. The highest BCUT2D eigenvalue weighted by molar-refractivity contribution is 8.09. The second kappa shape index (κ2) is 5.37. The van der Waals surface area contributed by atoms with Gasteiger partial charge in [0, 0.05) is 19.8 Å². The van der Waals surface area contributed by atoms with E-state index in [1.165, 1.54) is 14.2 Å². The van der Waals surface area contributed by atoms with E-state index in [1.807, 2.05) is 30.3 Å². The maximum atomic E-state index is 5.78. The molecule has 1 aromatic rings. The van der Waals surface area contributed by atoms with Crippen molar-refractivity contribution in [3.8, 4) is 0 Å². The van der Waals surface area contributed by atoms with Gasteiger partial charge in [0.05, 0.1) is 0 Å². The average molecular weight is 244 g/mol. The summed E-state index contributed by atoms with van der Waals surface area (Å²) in [5.41, 5.74) is 6.59. The van der Waals surface area contributed by atoms with Crippen LogP contribution in [0.1, 0.15) is 5.56 Å². The molecule has 0 radical (unpaired) electrons. The van der Waals surface area contributed by atoms with Gasteiger partial charge in [0.15, 0.2) is 0 Å². The number of hydrogen-bond donors (Lipinski definition) is 1. The van der Waals surface area contributed by atoms with Crippen LogP contribution in [-0.2, 0) is 20.9 Å². The predicted molar refractivity (Wildman–Crippen MR) is 65.5 cm³/mol. The summed E-state index contributed by atoms with van der Waals surface area (Å²) in [5, 5.41) is 0. The van der Waals surface area contributed by atoms with E-state index in [1.54, 1.807) is 0 Å². The zero-order valence-electron chi connectivity index (χ0n) is 8.58. The number of benzene rings is 1. The van der Waals surface area contributed by atoms with E-state index in [4.69, 9.17) is 26.6 Å². The summed E-state index contributed by atoms with van der Waals surface area (Å²) in [6.07, 6.45) is 0. The lowest BCUT2D eigenvalue weighted by Crippen LogP contribution is -2.13.